The first kappa shape index (κ1) is 22.2. The molecular weight excluding hydrogens is 586 g/mol. The Morgan fingerprint density at radius 3 is 0.412 bits per heavy atom. The van der Waals surface area contributed by atoms with Crippen LogP contribution in [0.15, 0.2) is 0 Å². The van der Waals surface area contributed by atoms with Crippen LogP contribution >= 0.6 is 161 Å². The van der Waals surface area contributed by atoms with Crippen molar-refractivity contribution >= 4 is 161 Å². The zero-order valence-electron chi connectivity index (χ0n) is 6.58. The van der Waals surface area contributed by atoms with Gasteiger partial charge in [0.05, 0.1) is 26.8 Å². The van der Waals surface area contributed by atoms with Crippen LogP contribution in [0.25, 0.3) is 0 Å². The quantitative estimate of drug-likeness (QED) is 0.288. The third-order valence-electron chi connectivity index (χ3n) is 0.926. The van der Waals surface area contributed by atoms with Crippen LogP contribution in [0.5, 0.6) is 0 Å². The third-order valence-corrected chi connectivity index (χ3v) is 75.0. The Balaban J connectivity index is 6.37. The highest BCUT2D eigenvalue weighted by Gasteiger charge is 2.69. The topological polar surface area (TPSA) is 0 Å². The predicted molar refractivity (Wildman–Crippen MR) is 108 cm³/mol. The van der Waals surface area contributed by atoms with Crippen molar-refractivity contribution in [2.45, 2.75) is 0 Å². The minimum Gasteiger partial charge on any atom is -0.0231 e. The lowest BCUT2D eigenvalue weighted by atomic mass is 29.8. The van der Waals surface area contributed by atoms with E-state index in [1.807, 2.05) is 0 Å². The van der Waals surface area contributed by atoms with Gasteiger partial charge < -0.3 is 0 Å². The van der Waals surface area contributed by atoms with Crippen LogP contribution in [0.2, 0.25) is 0 Å². The van der Waals surface area contributed by atoms with E-state index in [0.717, 1.165) is 0 Å². The van der Waals surface area contributed by atoms with Crippen molar-refractivity contribution in [1.29, 1.82) is 0 Å². The van der Waals surface area contributed by atoms with Crippen LogP contribution in [0.4, 0.5) is 0 Å². The molecule has 0 aromatic heterocycles. The van der Waals surface area contributed by atoms with Crippen LogP contribution in [0.3, 0.4) is 0 Å². The van der Waals surface area contributed by atoms with E-state index < -0.39 is 33.0 Å². The molecule has 0 saturated carbocycles. The molecule has 0 aliphatic heterocycles. The number of halogens is 12. The van der Waals surface area contributed by atoms with Gasteiger partial charge in [-0.2, -0.15) is 0 Å². The number of hydrogen-bond acceptors (Lipinski definition) is 0. The lowest BCUT2D eigenvalue weighted by Crippen LogP contribution is -1.99. The first-order valence-electron chi connectivity index (χ1n) is 2.52. The van der Waals surface area contributed by atoms with Crippen molar-refractivity contribution in [3.8, 4) is 0 Å². The first-order chi connectivity index (χ1) is 7.00. The summed E-state index contributed by atoms with van der Waals surface area (Å²) in [4.78, 5) is 0. The van der Waals surface area contributed by atoms with Crippen molar-refractivity contribution in [1.82, 2.24) is 0 Å². The molecule has 0 amide bonds. The summed E-state index contributed by atoms with van der Waals surface area (Å²) in [6.45, 7) is -13.1. The van der Waals surface area contributed by atoms with E-state index in [1.54, 1.807) is 0 Å². The van der Waals surface area contributed by atoms with Crippen LogP contribution < -0.4 is 0 Å². The largest absolute Gasteiger partial charge is 0.0593 e. The van der Waals surface area contributed by atoms with Crippen LogP contribution in [0, 0.1) is 0 Å². The molecule has 0 fully saturated rings. The average molecular weight is 586 g/mol. The maximum Gasteiger partial charge on any atom is 0.0593 e. The van der Waals surface area contributed by atoms with E-state index in [1.165, 1.54) is 0 Å². The van der Waals surface area contributed by atoms with Crippen molar-refractivity contribution < 1.29 is 0 Å². The van der Waals surface area contributed by atoms with E-state index >= 15 is 0 Å². The summed E-state index contributed by atoms with van der Waals surface area (Å²) in [6, 6.07) is 0. The molecule has 0 unspecified atom stereocenters. The maximum atomic E-state index is 5.86. The van der Waals surface area contributed by atoms with Gasteiger partial charge in [-0.3, -0.25) is 0 Å². The third kappa shape index (κ3) is 4.62. The van der Waals surface area contributed by atoms with Crippen molar-refractivity contribution in [2.75, 3.05) is 0 Å². The van der Waals surface area contributed by atoms with Gasteiger partial charge in [0.1, 0.15) is 0 Å². The predicted octanol–water partition coefficient (Wildman–Crippen LogP) is 11.5. The van der Waals surface area contributed by atoms with Gasteiger partial charge in [0.25, 0.3) is 0 Å². The highest BCUT2D eigenvalue weighted by atomic mass is 36.4. The molecule has 0 nitrogen and oxygen atoms in total. The minimum atomic E-state index is -3.34. The summed E-state index contributed by atoms with van der Waals surface area (Å²) in [6.07, 6.45) is -3.34. The average Bonchev–Trinajstić information content (AvgIpc) is 1.67. The smallest absolute Gasteiger partial charge is 0.0231 e. The molecule has 0 radical (unpaired) electrons. The normalized spacial score (nSPS) is 20.9. The summed E-state index contributed by atoms with van der Waals surface area (Å²) >= 11 is 0. The molecule has 0 saturated heterocycles. The molecule has 17 heavy (non-hydrogen) atoms. The van der Waals surface area contributed by atoms with Crippen LogP contribution in [0.1, 0.15) is 0 Å². The summed E-state index contributed by atoms with van der Waals surface area (Å²) < 4.78 is 0. The molecule has 0 atom stereocenters. The molecule has 0 rings (SSSR count). The Kier molecular flexibility index (Phi) is 9.15. The lowest BCUT2D eigenvalue weighted by molar-refractivity contribution is 4.36. The summed E-state index contributed by atoms with van der Waals surface area (Å²) in [5, 5.41) is 0. The van der Waals surface area contributed by atoms with Gasteiger partial charge in [0.2, 0.25) is 0 Å². The highest BCUT2D eigenvalue weighted by molar-refractivity contribution is 9.99. The molecule has 0 N–H and O–H groups in total. The van der Waals surface area contributed by atoms with Gasteiger partial charge in [-0.15, -0.1) is 0 Å². The molecule has 0 spiro atoms. The molecule has 114 valence electrons. The van der Waals surface area contributed by atoms with Gasteiger partial charge in [0, 0.05) is 6.16 Å². The molecule has 0 aliphatic carbocycles. The minimum absolute atomic E-state index is 3.28. The monoisotopic (exact) mass is 579 g/mol. The summed E-state index contributed by atoms with van der Waals surface area (Å²) in [5.41, 5.74) is 0. The second-order valence-electron chi connectivity index (χ2n) is 1.86. The van der Waals surface area contributed by atoms with E-state index in [2.05, 4.69) is 0 Å². The second-order valence-corrected chi connectivity index (χ2v) is 50.3. The van der Waals surface area contributed by atoms with Gasteiger partial charge in [-0.05, 0) is 128 Å². The lowest BCUT2D eigenvalue weighted by Gasteiger charge is -2.61. The van der Waals surface area contributed by atoms with Gasteiger partial charge >= 0.3 is 0 Å². The molecule has 17 heteroatoms. The zero-order valence-corrected chi connectivity index (χ0v) is 19.7. The second kappa shape index (κ2) is 7.00. The Bertz CT molecular complexity index is 208. The molecule has 0 aromatic carbocycles. The molecule has 0 bridgehead atoms. The molecule has 0 heterocycles. The zero-order chi connectivity index (χ0) is 14.5. The fourth-order valence-corrected chi connectivity index (χ4v) is 128. The number of hydrogen-bond donors (Lipinski definition) is 0. The highest BCUT2D eigenvalue weighted by Crippen LogP contribution is 3.31. The fraction of sp³-hybridized carbons (Fsp3) is 0. The number of rotatable bonds is 4. The molecule has 0 aromatic rings. The van der Waals surface area contributed by atoms with Crippen molar-refractivity contribution in [3.63, 3.8) is 0 Å². The van der Waals surface area contributed by atoms with Crippen LogP contribution in [-0.4, -0.2) is 0 Å². The SMILES string of the molecule is ClS(Cl)(Cl)S(S(Cl)(Cl)Cl)(S(Cl)(Cl)Cl)S(Cl)(Cl)Cl. The molecular formula is Cl12S5. The Labute approximate surface area is 158 Å². The van der Waals surface area contributed by atoms with Crippen molar-refractivity contribution in [3.05, 3.63) is 0 Å². The summed E-state index contributed by atoms with van der Waals surface area (Å²) in [7, 11) is 70.4. The Morgan fingerprint density at radius 2 is 0.412 bits per heavy atom. The van der Waals surface area contributed by atoms with Crippen LogP contribution in [-0.2, 0) is 0 Å². The Morgan fingerprint density at radius 1 is 0.294 bits per heavy atom. The maximum absolute atomic E-state index is 5.86. The van der Waals surface area contributed by atoms with E-state index in [4.69, 9.17) is 128 Å². The first-order valence-corrected chi connectivity index (χ1v) is 22.7. The van der Waals surface area contributed by atoms with E-state index in [9.17, 15) is 0 Å². The van der Waals surface area contributed by atoms with E-state index in [-0.39, 0.29) is 0 Å². The van der Waals surface area contributed by atoms with E-state index in [0.29, 0.717) is 0 Å². The fourth-order valence-electron chi connectivity index (χ4n) is 0.525. The molecule has 0 aliphatic rings. The Hall–Kier alpha value is 5.23. The summed E-state index contributed by atoms with van der Waals surface area (Å²) in [5.74, 6) is 0. The van der Waals surface area contributed by atoms with Crippen molar-refractivity contribution in [2.24, 2.45) is 0 Å². The standard InChI is InChI=1S/Cl12S5/c1-13(2,3)17(14(4,5)6,15(7,8)9)16(10,11)12. The van der Waals surface area contributed by atoms with Gasteiger partial charge in [-0.1, -0.05) is 0 Å². The van der Waals surface area contributed by atoms with Gasteiger partial charge in [-0.25, -0.2) is 0 Å². The van der Waals surface area contributed by atoms with Gasteiger partial charge in [0.15, 0.2) is 0 Å².